The molecule has 0 saturated heterocycles. The number of nitrogens with zero attached hydrogens (tertiary/aromatic N) is 3. The van der Waals surface area contributed by atoms with Gasteiger partial charge in [0.15, 0.2) is 4.34 Å². The fraction of sp³-hybridized carbons (Fsp3) is 0.211. The minimum absolute atomic E-state index is 0.0212. The van der Waals surface area contributed by atoms with Gasteiger partial charge in [0.25, 0.3) is 5.69 Å². The van der Waals surface area contributed by atoms with Crippen LogP contribution in [0.3, 0.4) is 0 Å². The lowest BCUT2D eigenvalue weighted by atomic mass is 10.2. The Bertz CT molecular complexity index is 1080. The third-order valence-electron chi connectivity index (χ3n) is 3.84. The molecule has 0 saturated carbocycles. The number of nitrogens with one attached hydrogen (secondary N) is 2. The number of nitro groups is 1. The predicted octanol–water partition coefficient (Wildman–Crippen LogP) is 4.33. The van der Waals surface area contributed by atoms with E-state index in [1.807, 2.05) is 31.2 Å². The number of aromatic nitrogens is 2. The van der Waals surface area contributed by atoms with Gasteiger partial charge in [-0.2, -0.15) is 0 Å². The van der Waals surface area contributed by atoms with E-state index in [1.165, 1.54) is 42.3 Å². The van der Waals surface area contributed by atoms with Gasteiger partial charge in [0.1, 0.15) is 17.2 Å². The SMILES string of the molecule is CCOc1ccccc1Nc1nnc(SCC(=O)Nc2ccc(OC)cc2[N+](=O)[O-])s1. The summed E-state index contributed by atoms with van der Waals surface area (Å²) in [7, 11) is 1.41. The molecule has 0 aliphatic carbocycles. The van der Waals surface area contributed by atoms with E-state index in [-0.39, 0.29) is 17.1 Å². The van der Waals surface area contributed by atoms with Crippen LogP contribution in [0.4, 0.5) is 22.2 Å². The van der Waals surface area contributed by atoms with Gasteiger partial charge in [-0.3, -0.25) is 14.9 Å². The summed E-state index contributed by atoms with van der Waals surface area (Å²) in [5.74, 6) is 0.659. The molecule has 0 atom stereocenters. The number of hydrogen-bond donors (Lipinski definition) is 2. The first-order valence-electron chi connectivity index (χ1n) is 9.07. The van der Waals surface area contributed by atoms with Crippen molar-refractivity contribution in [3.8, 4) is 11.5 Å². The van der Waals surface area contributed by atoms with Crippen LogP contribution < -0.4 is 20.1 Å². The van der Waals surface area contributed by atoms with Crippen LogP contribution in [-0.2, 0) is 4.79 Å². The van der Waals surface area contributed by atoms with Crippen molar-refractivity contribution in [1.82, 2.24) is 10.2 Å². The molecular weight excluding hydrogens is 442 g/mol. The third kappa shape index (κ3) is 6.06. The number of methoxy groups -OCH3 is 1. The predicted molar refractivity (Wildman–Crippen MR) is 120 cm³/mol. The number of hydrogen-bond acceptors (Lipinski definition) is 10. The Morgan fingerprint density at radius 2 is 2.03 bits per heavy atom. The van der Waals surface area contributed by atoms with Crippen LogP contribution in [0.2, 0.25) is 0 Å². The van der Waals surface area contributed by atoms with Crippen LogP contribution in [0.1, 0.15) is 6.92 Å². The zero-order valence-electron chi connectivity index (χ0n) is 16.7. The van der Waals surface area contributed by atoms with Crippen LogP contribution in [0.5, 0.6) is 11.5 Å². The summed E-state index contributed by atoms with van der Waals surface area (Å²) in [4.78, 5) is 22.9. The number of carbonyl (C=O) groups is 1. The highest BCUT2D eigenvalue weighted by atomic mass is 32.2. The lowest BCUT2D eigenvalue weighted by molar-refractivity contribution is -0.384. The Morgan fingerprint density at radius 3 is 2.77 bits per heavy atom. The third-order valence-corrected chi connectivity index (χ3v) is 5.81. The maximum absolute atomic E-state index is 12.3. The van der Waals surface area contributed by atoms with Crippen molar-refractivity contribution in [2.45, 2.75) is 11.3 Å². The van der Waals surface area contributed by atoms with E-state index in [0.717, 1.165) is 5.69 Å². The first-order valence-corrected chi connectivity index (χ1v) is 10.9. The fourth-order valence-electron chi connectivity index (χ4n) is 2.49. The smallest absolute Gasteiger partial charge is 0.296 e. The Balaban J connectivity index is 1.59. The molecule has 10 nitrogen and oxygen atoms in total. The molecule has 2 aromatic carbocycles. The molecule has 1 aromatic heterocycles. The Kier molecular flexibility index (Phi) is 7.62. The number of ether oxygens (including phenoxy) is 2. The molecule has 3 rings (SSSR count). The van der Waals surface area contributed by atoms with Gasteiger partial charge in [0, 0.05) is 0 Å². The lowest BCUT2D eigenvalue weighted by Crippen LogP contribution is -2.15. The largest absolute Gasteiger partial charge is 0.496 e. The summed E-state index contributed by atoms with van der Waals surface area (Å²) in [6, 6.07) is 11.7. The number of para-hydroxylation sites is 2. The van der Waals surface area contributed by atoms with Gasteiger partial charge in [-0.15, -0.1) is 10.2 Å². The summed E-state index contributed by atoms with van der Waals surface area (Å²) in [6.07, 6.45) is 0. The Morgan fingerprint density at radius 1 is 1.23 bits per heavy atom. The second-order valence-electron chi connectivity index (χ2n) is 5.90. The van der Waals surface area contributed by atoms with E-state index in [0.29, 0.717) is 27.6 Å². The second kappa shape index (κ2) is 10.6. The standard InChI is InChI=1S/C19H19N5O5S2/c1-3-29-16-7-5-4-6-14(16)21-18-22-23-19(31-18)30-11-17(25)20-13-9-8-12(28-2)10-15(13)24(26)27/h4-10H,3,11H2,1-2H3,(H,20,25)(H,21,22). The van der Waals surface area contributed by atoms with Crippen molar-refractivity contribution in [1.29, 1.82) is 0 Å². The van der Waals surface area contributed by atoms with Crippen molar-refractivity contribution in [3.63, 3.8) is 0 Å². The maximum atomic E-state index is 12.3. The normalized spacial score (nSPS) is 10.4. The van der Waals surface area contributed by atoms with Crippen molar-refractivity contribution < 1.29 is 19.2 Å². The van der Waals surface area contributed by atoms with Gasteiger partial charge in [-0.05, 0) is 31.2 Å². The molecule has 2 N–H and O–H groups in total. The molecule has 0 unspecified atom stereocenters. The van der Waals surface area contributed by atoms with Crippen molar-refractivity contribution >= 4 is 51.2 Å². The number of benzene rings is 2. The highest BCUT2D eigenvalue weighted by molar-refractivity contribution is 8.01. The van der Waals surface area contributed by atoms with Gasteiger partial charge in [-0.25, -0.2) is 0 Å². The van der Waals surface area contributed by atoms with Gasteiger partial charge in [0.2, 0.25) is 11.0 Å². The topological polar surface area (TPSA) is 129 Å². The zero-order valence-corrected chi connectivity index (χ0v) is 18.3. The number of anilines is 3. The molecule has 0 aliphatic heterocycles. The van der Waals surface area contributed by atoms with Crippen LogP contribution in [-0.4, -0.2) is 40.5 Å². The van der Waals surface area contributed by atoms with Gasteiger partial charge >= 0.3 is 0 Å². The van der Waals surface area contributed by atoms with E-state index in [2.05, 4.69) is 20.8 Å². The molecule has 0 radical (unpaired) electrons. The summed E-state index contributed by atoms with van der Waals surface area (Å²) in [6.45, 7) is 2.44. The summed E-state index contributed by atoms with van der Waals surface area (Å²) in [5.41, 5.74) is 0.623. The average molecular weight is 462 g/mol. The first-order chi connectivity index (χ1) is 15.0. The van der Waals surface area contributed by atoms with E-state index in [1.54, 1.807) is 6.07 Å². The van der Waals surface area contributed by atoms with Gasteiger partial charge in [0.05, 0.1) is 36.1 Å². The zero-order chi connectivity index (χ0) is 22.2. The van der Waals surface area contributed by atoms with E-state index in [4.69, 9.17) is 9.47 Å². The molecule has 0 fully saturated rings. The molecule has 0 spiro atoms. The number of nitro benzene ring substituents is 1. The molecule has 1 amide bonds. The lowest BCUT2D eigenvalue weighted by Gasteiger charge is -2.09. The fourth-order valence-corrected chi connectivity index (χ4v) is 4.06. The summed E-state index contributed by atoms with van der Waals surface area (Å²) >= 11 is 2.47. The number of amides is 1. The first kappa shape index (κ1) is 22.3. The number of carbonyl (C=O) groups excluding carboxylic acids is 1. The average Bonchev–Trinajstić information content (AvgIpc) is 3.21. The highest BCUT2D eigenvalue weighted by Crippen LogP contribution is 2.32. The Hall–Kier alpha value is -3.38. The van der Waals surface area contributed by atoms with Crippen molar-refractivity contribution in [2.24, 2.45) is 0 Å². The second-order valence-corrected chi connectivity index (χ2v) is 8.10. The van der Waals surface area contributed by atoms with Crippen molar-refractivity contribution in [3.05, 3.63) is 52.6 Å². The number of thioether (sulfide) groups is 1. The molecule has 0 aliphatic rings. The van der Waals surface area contributed by atoms with Crippen LogP contribution in [0.25, 0.3) is 0 Å². The van der Waals surface area contributed by atoms with E-state index >= 15 is 0 Å². The molecule has 0 bridgehead atoms. The molecule has 31 heavy (non-hydrogen) atoms. The maximum Gasteiger partial charge on any atom is 0.296 e. The summed E-state index contributed by atoms with van der Waals surface area (Å²) in [5, 5.41) is 25.6. The minimum Gasteiger partial charge on any atom is -0.496 e. The highest BCUT2D eigenvalue weighted by Gasteiger charge is 2.18. The molecule has 12 heteroatoms. The van der Waals surface area contributed by atoms with Gasteiger partial charge < -0.3 is 20.1 Å². The monoisotopic (exact) mass is 461 g/mol. The van der Waals surface area contributed by atoms with Crippen molar-refractivity contribution in [2.75, 3.05) is 30.1 Å². The van der Waals surface area contributed by atoms with Crippen LogP contribution in [0, 0.1) is 10.1 Å². The van der Waals surface area contributed by atoms with Crippen LogP contribution >= 0.6 is 23.1 Å². The quantitative estimate of drug-likeness (QED) is 0.257. The van der Waals surface area contributed by atoms with Gasteiger partial charge in [-0.1, -0.05) is 35.2 Å². The molecule has 1 heterocycles. The van der Waals surface area contributed by atoms with E-state index in [9.17, 15) is 14.9 Å². The molecule has 162 valence electrons. The Labute approximate surface area is 186 Å². The molecule has 3 aromatic rings. The van der Waals surface area contributed by atoms with Crippen LogP contribution in [0.15, 0.2) is 46.8 Å². The molecular formula is C19H19N5O5S2. The summed E-state index contributed by atoms with van der Waals surface area (Å²) < 4.78 is 11.1. The number of rotatable bonds is 10. The minimum atomic E-state index is -0.575. The van der Waals surface area contributed by atoms with E-state index < -0.39 is 10.8 Å².